The molecule has 1 amide bonds. The molecule has 5 heteroatoms. The molecule has 128 valence electrons. The number of methoxy groups -OCH3 is 1. The van der Waals surface area contributed by atoms with Crippen LogP contribution in [-0.4, -0.2) is 58.3 Å². The first-order valence-electron chi connectivity index (χ1n) is 8.26. The van der Waals surface area contributed by atoms with Gasteiger partial charge in [0.25, 0.3) is 5.91 Å². The van der Waals surface area contributed by atoms with Gasteiger partial charge in [-0.1, -0.05) is 12.1 Å². The normalized spacial score (nSPS) is 17.2. The largest absolute Gasteiger partial charge is 0.384 e. The number of nitrogens with zero attached hydrogens (tertiary/aromatic N) is 1. The third kappa shape index (κ3) is 5.30. The van der Waals surface area contributed by atoms with Crippen LogP contribution < -0.4 is 10.6 Å². The lowest BCUT2D eigenvalue weighted by Gasteiger charge is -2.37. The van der Waals surface area contributed by atoms with E-state index in [1.165, 1.54) is 0 Å². The van der Waals surface area contributed by atoms with Crippen LogP contribution in [0.1, 0.15) is 28.8 Å². The maximum atomic E-state index is 12.5. The predicted molar refractivity (Wildman–Crippen MR) is 92.6 cm³/mol. The molecule has 0 radical (unpaired) electrons. The molecule has 1 saturated heterocycles. The maximum Gasteiger partial charge on any atom is 0.251 e. The Labute approximate surface area is 139 Å². The van der Waals surface area contributed by atoms with Gasteiger partial charge in [-0.3, -0.25) is 4.79 Å². The Balaban J connectivity index is 1.97. The molecule has 2 rings (SSSR count). The van der Waals surface area contributed by atoms with Crippen molar-refractivity contribution in [3.05, 3.63) is 35.4 Å². The Morgan fingerprint density at radius 2 is 2.09 bits per heavy atom. The molecule has 2 N–H and O–H groups in total. The van der Waals surface area contributed by atoms with E-state index in [9.17, 15) is 4.79 Å². The Hall–Kier alpha value is -1.43. The zero-order chi connectivity index (χ0) is 16.7. The summed E-state index contributed by atoms with van der Waals surface area (Å²) in [6, 6.07) is 7.85. The van der Waals surface area contributed by atoms with Crippen molar-refractivity contribution < 1.29 is 9.53 Å². The molecule has 0 unspecified atom stereocenters. The van der Waals surface area contributed by atoms with E-state index in [0.29, 0.717) is 13.2 Å². The summed E-state index contributed by atoms with van der Waals surface area (Å²) >= 11 is 0. The van der Waals surface area contributed by atoms with Gasteiger partial charge in [-0.05, 0) is 57.7 Å². The van der Waals surface area contributed by atoms with Crippen LogP contribution in [0.4, 0.5) is 0 Å². The van der Waals surface area contributed by atoms with E-state index in [4.69, 9.17) is 4.74 Å². The fourth-order valence-corrected chi connectivity index (χ4v) is 3.18. The van der Waals surface area contributed by atoms with Crippen LogP contribution in [0.5, 0.6) is 0 Å². The number of nitrogens with one attached hydrogen (secondary N) is 2. The quantitative estimate of drug-likeness (QED) is 0.800. The number of carbonyl (C=O) groups is 1. The van der Waals surface area contributed by atoms with Crippen LogP contribution in [-0.2, 0) is 11.3 Å². The lowest BCUT2D eigenvalue weighted by atomic mass is 9.79. The van der Waals surface area contributed by atoms with Crippen LogP contribution in [0, 0.1) is 5.41 Å². The van der Waals surface area contributed by atoms with Gasteiger partial charge in [0.2, 0.25) is 0 Å². The molecule has 0 atom stereocenters. The topological polar surface area (TPSA) is 53.6 Å². The van der Waals surface area contributed by atoms with Gasteiger partial charge < -0.3 is 20.3 Å². The smallest absolute Gasteiger partial charge is 0.251 e. The lowest BCUT2D eigenvalue weighted by Crippen LogP contribution is -2.47. The predicted octanol–water partition coefficient (Wildman–Crippen LogP) is 1.49. The van der Waals surface area contributed by atoms with Crippen LogP contribution in [0.2, 0.25) is 0 Å². The number of hydrogen-bond donors (Lipinski definition) is 2. The van der Waals surface area contributed by atoms with E-state index in [1.54, 1.807) is 7.11 Å². The minimum Gasteiger partial charge on any atom is -0.384 e. The zero-order valence-electron chi connectivity index (χ0n) is 14.5. The Bertz CT molecular complexity index is 505. The van der Waals surface area contributed by atoms with Crippen LogP contribution >= 0.6 is 0 Å². The van der Waals surface area contributed by atoms with Crippen molar-refractivity contribution in [2.75, 3.05) is 47.4 Å². The van der Waals surface area contributed by atoms with Crippen LogP contribution in [0.15, 0.2) is 24.3 Å². The van der Waals surface area contributed by atoms with E-state index in [0.717, 1.165) is 43.6 Å². The molecule has 0 aromatic heterocycles. The molecule has 1 fully saturated rings. The monoisotopic (exact) mass is 319 g/mol. The van der Waals surface area contributed by atoms with Gasteiger partial charge in [-0.15, -0.1) is 0 Å². The fourth-order valence-electron chi connectivity index (χ4n) is 3.18. The molecule has 5 nitrogen and oxygen atoms in total. The molecule has 0 spiro atoms. The first kappa shape index (κ1) is 17.9. The second-order valence-corrected chi connectivity index (χ2v) is 6.80. The molecule has 0 saturated carbocycles. The van der Waals surface area contributed by atoms with E-state index in [-0.39, 0.29) is 11.3 Å². The number of piperidine rings is 1. The van der Waals surface area contributed by atoms with Crippen molar-refractivity contribution in [2.45, 2.75) is 19.4 Å². The average Bonchev–Trinajstić information content (AvgIpc) is 2.53. The summed E-state index contributed by atoms with van der Waals surface area (Å²) in [6.07, 6.45) is 2.06. The highest BCUT2D eigenvalue weighted by Gasteiger charge is 2.32. The van der Waals surface area contributed by atoms with Crippen molar-refractivity contribution >= 4 is 5.91 Å². The Morgan fingerprint density at radius 3 is 2.74 bits per heavy atom. The SMILES string of the molecule is COCC1(CNC(=O)c2cccc(CN(C)C)c2)CCNCC1. The minimum atomic E-state index is -0.000355. The number of carbonyl (C=O) groups excluding carboxylic acids is 1. The van der Waals surface area contributed by atoms with Gasteiger partial charge >= 0.3 is 0 Å². The van der Waals surface area contributed by atoms with Gasteiger partial charge in [0.05, 0.1) is 6.61 Å². The summed E-state index contributed by atoms with van der Waals surface area (Å²) in [5.41, 5.74) is 1.93. The van der Waals surface area contributed by atoms with Crippen molar-refractivity contribution in [3.63, 3.8) is 0 Å². The summed E-state index contributed by atoms with van der Waals surface area (Å²) in [5, 5.41) is 6.48. The number of amides is 1. The zero-order valence-corrected chi connectivity index (χ0v) is 14.5. The minimum absolute atomic E-state index is 0.000355. The van der Waals surface area contributed by atoms with Gasteiger partial charge in [0, 0.05) is 31.2 Å². The Morgan fingerprint density at radius 1 is 1.35 bits per heavy atom. The molecule has 1 aliphatic rings. The highest BCUT2D eigenvalue weighted by atomic mass is 16.5. The second kappa shape index (κ2) is 8.43. The number of benzene rings is 1. The van der Waals surface area contributed by atoms with Crippen LogP contribution in [0.3, 0.4) is 0 Å². The third-order valence-electron chi connectivity index (χ3n) is 4.43. The highest BCUT2D eigenvalue weighted by Crippen LogP contribution is 2.28. The molecule has 23 heavy (non-hydrogen) atoms. The van der Waals surface area contributed by atoms with Gasteiger partial charge in [0.15, 0.2) is 0 Å². The summed E-state index contributed by atoms with van der Waals surface area (Å²) < 4.78 is 5.40. The average molecular weight is 319 g/mol. The van der Waals surface area contributed by atoms with E-state index >= 15 is 0 Å². The molecule has 1 heterocycles. The fraction of sp³-hybridized carbons (Fsp3) is 0.611. The van der Waals surface area contributed by atoms with Crippen molar-refractivity contribution in [3.8, 4) is 0 Å². The summed E-state index contributed by atoms with van der Waals surface area (Å²) in [6.45, 7) is 4.16. The summed E-state index contributed by atoms with van der Waals surface area (Å²) in [4.78, 5) is 14.6. The molecule has 1 aromatic rings. The van der Waals surface area contributed by atoms with Gasteiger partial charge in [0.1, 0.15) is 0 Å². The lowest BCUT2D eigenvalue weighted by molar-refractivity contribution is 0.0511. The maximum absolute atomic E-state index is 12.5. The highest BCUT2D eigenvalue weighted by molar-refractivity contribution is 5.94. The van der Waals surface area contributed by atoms with Gasteiger partial charge in [-0.25, -0.2) is 0 Å². The number of hydrogen-bond acceptors (Lipinski definition) is 4. The first-order chi connectivity index (χ1) is 11.0. The van der Waals surface area contributed by atoms with E-state index < -0.39 is 0 Å². The molecule has 0 aliphatic carbocycles. The third-order valence-corrected chi connectivity index (χ3v) is 4.43. The van der Waals surface area contributed by atoms with E-state index in [1.807, 2.05) is 32.3 Å². The van der Waals surface area contributed by atoms with Crippen molar-refractivity contribution in [2.24, 2.45) is 5.41 Å². The molecular weight excluding hydrogens is 290 g/mol. The molecular formula is C18H29N3O2. The second-order valence-electron chi connectivity index (χ2n) is 6.80. The van der Waals surface area contributed by atoms with E-state index in [2.05, 4.69) is 21.6 Å². The molecule has 0 bridgehead atoms. The molecule has 1 aromatic carbocycles. The van der Waals surface area contributed by atoms with Crippen molar-refractivity contribution in [1.29, 1.82) is 0 Å². The number of ether oxygens (including phenoxy) is 1. The standard InChI is InChI=1S/C18H29N3O2/c1-21(2)12-15-5-4-6-16(11-15)17(22)20-13-18(14-23-3)7-9-19-10-8-18/h4-6,11,19H,7-10,12-14H2,1-3H3,(H,20,22). The summed E-state index contributed by atoms with van der Waals surface area (Å²) in [7, 11) is 5.78. The number of rotatable bonds is 7. The Kier molecular flexibility index (Phi) is 6.57. The van der Waals surface area contributed by atoms with Crippen molar-refractivity contribution in [1.82, 2.24) is 15.5 Å². The van der Waals surface area contributed by atoms with Crippen LogP contribution in [0.25, 0.3) is 0 Å². The van der Waals surface area contributed by atoms with Gasteiger partial charge in [-0.2, -0.15) is 0 Å². The molecule has 1 aliphatic heterocycles. The summed E-state index contributed by atoms with van der Waals surface area (Å²) in [5.74, 6) is -0.000355. The first-order valence-corrected chi connectivity index (χ1v) is 8.26.